The summed E-state index contributed by atoms with van der Waals surface area (Å²) < 4.78 is 20.4. The molecule has 0 unspecified atom stereocenters. The summed E-state index contributed by atoms with van der Waals surface area (Å²) in [5.41, 5.74) is 0. The molecular weight excluding hydrogens is 79.8 g/mol. The van der Waals surface area contributed by atoms with E-state index < -0.39 is 8.03 Å². The Morgan fingerprint density at radius 3 is 1.50 bits per heavy atom. The van der Waals surface area contributed by atoms with Crippen molar-refractivity contribution in [2.24, 2.45) is 0 Å². The van der Waals surface area contributed by atoms with Crippen molar-refractivity contribution in [3.63, 3.8) is 0 Å². The number of halogens is 2. The molecule has 0 aliphatic rings. The quantitative estimate of drug-likeness (QED) is 0.304. The van der Waals surface area contributed by atoms with Crippen molar-refractivity contribution in [1.82, 2.24) is 0 Å². The molecule has 0 aromatic heterocycles. The van der Waals surface area contributed by atoms with Crippen LogP contribution in [0.25, 0.3) is 0 Å². The number of hydrogen-bond donors (Lipinski definition) is 0. The Morgan fingerprint density at radius 2 is 1.50 bits per heavy atom. The second-order valence-electron chi connectivity index (χ2n) is 0.259. The number of rotatable bonds is 0. The van der Waals surface area contributed by atoms with E-state index in [2.05, 4.69) is 7.18 Å². The van der Waals surface area contributed by atoms with Crippen LogP contribution >= 0.6 is 8.03 Å². The molecule has 1 radical (unpaired) electrons. The summed E-state index contributed by atoms with van der Waals surface area (Å²) in [4.78, 5) is 0. The summed E-state index contributed by atoms with van der Waals surface area (Å²) in [5, 5.41) is 0. The van der Waals surface area contributed by atoms with Gasteiger partial charge in [0.15, 0.2) is 0 Å². The van der Waals surface area contributed by atoms with Gasteiger partial charge in [0.2, 0.25) is 0 Å². The van der Waals surface area contributed by atoms with Gasteiger partial charge in [-0.2, -0.15) is 0 Å². The van der Waals surface area contributed by atoms with Crippen molar-refractivity contribution in [2.45, 2.75) is 0 Å². The van der Waals surface area contributed by atoms with Crippen molar-refractivity contribution >= 4 is 15.2 Å². The van der Waals surface area contributed by atoms with Gasteiger partial charge in [-0.25, -0.2) is 0 Å². The first kappa shape index (κ1) is 4.22. The molecule has 0 saturated carbocycles. The molecule has 0 amide bonds. The van der Waals surface area contributed by atoms with Gasteiger partial charge in [0, 0.05) is 0 Å². The Bertz CT molecular complexity index is 29.0. The van der Waals surface area contributed by atoms with E-state index in [1.54, 1.807) is 0 Å². The van der Waals surface area contributed by atoms with E-state index in [1.165, 1.54) is 0 Å². The summed E-state index contributed by atoms with van der Waals surface area (Å²) in [6, 6.07) is 0. The molecular formula is BF2P+. The van der Waals surface area contributed by atoms with Crippen LogP contribution in [0, 0.1) is 0 Å². The van der Waals surface area contributed by atoms with Gasteiger partial charge in [0.05, 0.1) is 0 Å². The molecule has 0 atom stereocenters. The molecule has 0 spiro atoms. The van der Waals surface area contributed by atoms with Crippen LogP contribution in [-0.4, -0.2) is 7.18 Å². The van der Waals surface area contributed by atoms with E-state index >= 15 is 0 Å². The van der Waals surface area contributed by atoms with Crippen LogP contribution in [0.4, 0.5) is 8.39 Å². The first-order valence-electron chi connectivity index (χ1n) is 0.596. The van der Waals surface area contributed by atoms with Gasteiger partial charge in [-0.3, -0.25) is 0 Å². The van der Waals surface area contributed by atoms with Crippen LogP contribution in [-0.2, 0) is 0 Å². The van der Waals surface area contributed by atoms with E-state index in [9.17, 15) is 8.39 Å². The zero-order chi connectivity index (χ0) is 3.58. The molecule has 21 valence electrons. The van der Waals surface area contributed by atoms with Crippen LogP contribution in [0.2, 0.25) is 0 Å². The summed E-state index contributed by atoms with van der Waals surface area (Å²) >= 11 is 0. The molecule has 0 nitrogen and oxygen atoms in total. The summed E-state index contributed by atoms with van der Waals surface area (Å²) in [6.07, 6.45) is 0. The predicted octanol–water partition coefficient (Wildman–Crippen LogP) is 1.32. The van der Waals surface area contributed by atoms with E-state index in [0.29, 0.717) is 0 Å². The maximum atomic E-state index is 10.2. The molecule has 0 aliphatic heterocycles. The molecule has 0 fully saturated rings. The maximum absolute atomic E-state index is 10.2. The van der Waals surface area contributed by atoms with Gasteiger partial charge in [-0.15, -0.1) is 0 Å². The standard InChI is InChI=1S/BF2P/c1-4(2)3/q+1. The van der Waals surface area contributed by atoms with Crippen LogP contribution < -0.4 is 0 Å². The predicted molar refractivity (Wildman–Crippen MR) is 14.9 cm³/mol. The molecule has 0 N–H and O–H groups in total. The van der Waals surface area contributed by atoms with Crippen LogP contribution in [0.15, 0.2) is 0 Å². The van der Waals surface area contributed by atoms with Gasteiger partial charge in [0.25, 0.3) is 0 Å². The molecule has 0 aromatic rings. The Balaban J connectivity index is 2.80. The van der Waals surface area contributed by atoms with E-state index in [4.69, 9.17) is 0 Å². The summed E-state index contributed by atoms with van der Waals surface area (Å²) in [7, 11) is 0.722. The molecule has 4 heteroatoms. The molecule has 0 heterocycles. The van der Waals surface area contributed by atoms with E-state index in [-0.39, 0.29) is 0 Å². The van der Waals surface area contributed by atoms with Gasteiger partial charge in [0.1, 0.15) is 0 Å². The number of hydrogen-bond acceptors (Lipinski definition) is 0. The molecule has 0 rings (SSSR count). The fourth-order valence-corrected chi connectivity index (χ4v) is 0. The Morgan fingerprint density at radius 1 is 1.50 bits per heavy atom. The zero-order valence-corrected chi connectivity index (χ0v) is 2.67. The van der Waals surface area contributed by atoms with Crippen molar-refractivity contribution < 1.29 is 8.39 Å². The topological polar surface area (TPSA) is 0 Å². The summed E-state index contributed by atoms with van der Waals surface area (Å²) in [5.74, 6) is 0. The van der Waals surface area contributed by atoms with Crippen molar-refractivity contribution in [3.05, 3.63) is 0 Å². The average Bonchev–Trinajstić information content (AvgIpc) is 0.811. The molecule has 0 bridgehead atoms. The SMILES string of the molecule is [B]=[P+](F)F. The Kier molecular flexibility index (Phi) is 1.62. The van der Waals surface area contributed by atoms with Crippen molar-refractivity contribution in [3.8, 4) is 0 Å². The first-order chi connectivity index (χ1) is 1.73. The molecule has 0 saturated heterocycles. The molecule has 0 aromatic carbocycles. The van der Waals surface area contributed by atoms with Crippen LogP contribution in [0.5, 0.6) is 0 Å². The van der Waals surface area contributed by atoms with Gasteiger partial charge < -0.3 is 0 Å². The Labute approximate surface area is 24.8 Å². The minimum atomic E-state index is -3.12. The third-order valence-electron chi connectivity index (χ3n) is 0. The fraction of sp³-hybridized carbons (Fsp3) is 0. The molecule has 0 aliphatic carbocycles. The molecule has 4 heavy (non-hydrogen) atoms. The van der Waals surface area contributed by atoms with Gasteiger partial charge >= 0.3 is 23.6 Å². The second kappa shape index (κ2) is 1.54. The van der Waals surface area contributed by atoms with Crippen LogP contribution in [0.1, 0.15) is 0 Å². The first-order valence-corrected chi connectivity index (χ1v) is 1.79. The van der Waals surface area contributed by atoms with Gasteiger partial charge in [-0.1, -0.05) is 0 Å². The normalized spacial score (nSPS) is 6.25. The Hall–Kier alpha value is 0.225. The van der Waals surface area contributed by atoms with E-state index in [0.717, 1.165) is 0 Å². The monoisotopic (exact) mass is 80.0 g/mol. The van der Waals surface area contributed by atoms with Crippen LogP contribution in [0.3, 0.4) is 0 Å². The average molecular weight is 79.8 g/mol. The zero-order valence-electron chi connectivity index (χ0n) is 1.78. The van der Waals surface area contributed by atoms with Gasteiger partial charge in [-0.05, 0) is 0 Å². The minimum absolute atomic E-state index is 3.12. The second-order valence-corrected chi connectivity index (χ2v) is 0.777. The van der Waals surface area contributed by atoms with Crippen molar-refractivity contribution in [1.29, 1.82) is 0 Å². The fourth-order valence-electron chi connectivity index (χ4n) is 0. The van der Waals surface area contributed by atoms with Crippen molar-refractivity contribution in [2.75, 3.05) is 0 Å². The third kappa shape index (κ3) is 66.0. The summed E-state index contributed by atoms with van der Waals surface area (Å²) in [6.45, 7) is 0. The third-order valence-corrected chi connectivity index (χ3v) is 0. The van der Waals surface area contributed by atoms with E-state index in [1.807, 2.05) is 0 Å².